The number of nitrogens with one attached hydrogen (secondary N) is 2. The second-order valence-electron chi connectivity index (χ2n) is 7.74. The van der Waals surface area contributed by atoms with Gasteiger partial charge in [0.25, 0.3) is 0 Å². The summed E-state index contributed by atoms with van der Waals surface area (Å²) in [4.78, 5) is 21.5. The molecule has 29 heavy (non-hydrogen) atoms. The number of amides is 1. The van der Waals surface area contributed by atoms with E-state index < -0.39 is 0 Å². The minimum atomic E-state index is 0. The Labute approximate surface area is 192 Å². The minimum Gasteiger partial charge on any atom is -0.357 e. The van der Waals surface area contributed by atoms with E-state index in [9.17, 15) is 4.79 Å². The van der Waals surface area contributed by atoms with Crippen molar-refractivity contribution in [3.63, 3.8) is 0 Å². The molecule has 2 saturated heterocycles. The van der Waals surface area contributed by atoms with E-state index in [1.54, 1.807) is 0 Å². The van der Waals surface area contributed by atoms with Crippen molar-refractivity contribution in [2.24, 2.45) is 4.99 Å². The van der Waals surface area contributed by atoms with Crippen molar-refractivity contribution in [2.45, 2.75) is 52.1 Å². The van der Waals surface area contributed by atoms with Crippen LogP contribution in [0.15, 0.2) is 29.3 Å². The normalized spacial score (nSPS) is 17.7. The van der Waals surface area contributed by atoms with Crippen LogP contribution in [0.5, 0.6) is 0 Å². The first kappa shape index (κ1) is 23.9. The van der Waals surface area contributed by atoms with Crippen molar-refractivity contribution in [3.8, 4) is 0 Å². The summed E-state index contributed by atoms with van der Waals surface area (Å²) >= 11 is 0. The number of hydrogen-bond acceptors (Lipinski definition) is 3. The number of nitrogens with zero attached hydrogens (tertiary/aromatic N) is 3. The molecule has 6 nitrogen and oxygen atoms in total. The summed E-state index contributed by atoms with van der Waals surface area (Å²) in [5.41, 5.74) is 2.62. The van der Waals surface area contributed by atoms with Crippen molar-refractivity contribution < 1.29 is 4.79 Å². The molecule has 2 aliphatic rings. The predicted octanol–water partition coefficient (Wildman–Crippen LogP) is 2.97. The van der Waals surface area contributed by atoms with Crippen molar-refractivity contribution in [2.75, 3.05) is 39.3 Å². The number of rotatable bonds is 7. The quantitative estimate of drug-likeness (QED) is 0.335. The average molecular weight is 513 g/mol. The number of guanidine groups is 1. The van der Waals surface area contributed by atoms with Gasteiger partial charge in [0.15, 0.2) is 5.96 Å². The topological polar surface area (TPSA) is 60.0 Å². The summed E-state index contributed by atoms with van der Waals surface area (Å²) in [5, 5.41) is 6.46. The molecule has 0 radical (unpaired) electrons. The molecule has 0 unspecified atom stereocenters. The lowest BCUT2D eigenvalue weighted by Crippen LogP contribution is -2.44. The van der Waals surface area contributed by atoms with E-state index >= 15 is 0 Å². The number of carbonyl (C=O) groups is 1. The summed E-state index contributed by atoms with van der Waals surface area (Å²) < 4.78 is 0. The van der Waals surface area contributed by atoms with Crippen molar-refractivity contribution in [3.05, 3.63) is 35.4 Å². The Kier molecular flexibility index (Phi) is 10.8. The third kappa shape index (κ3) is 7.77. The highest BCUT2D eigenvalue weighted by molar-refractivity contribution is 14.0. The first-order chi connectivity index (χ1) is 13.8. The van der Waals surface area contributed by atoms with Crippen LogP contribution in [-0.4, -0.2) is 60.9 Å². The molecule has 0 aliphatic carbocycles. The van der Waals surface area contributed by atoms with Gasteiger partial charge in [-0.2, -0.15) is 0 Å². The van der Waals surface area contributed by atoms with E-state index in [2.05, 4.69) is 39.8 Å². The monoisotopic (exact) mass is 513 g/mol. The van der Waals surface area contributed by atoms with Gasteiger partial charge in [-0.1, -0.05) is 30.7 Å². The first-order valence-corrected chi connectivity index (χ1v) is 10.9. The maximum Gasteiger partial charge on any atom is 0.241 e. The van der Waals surface area contributed by atoms with E-state index in [4.69, 9.17) is 4.99 Å². The molecule has 1 aromatic carbocycles. The van der Waals surface area contributed by atoms with Crippen LogP contribution in [0.4, 0.5) is 0 Å². The molecule has 0 spiro atoms. The molecule has 162 valence electrons. The van der Waals surface area contributed by atoms with Gasteiger partial charge >= 0.3 is 0 Å². The summed E-state index contributed by atoms with van der Waals surface area (Å²) in [7, 11) is 0. The zero-order chi connectivity index (χ0) is 19.6. The minimum absolute atomic E-state index is 0. The number of halogens is 1. The van der Waals surface area contributed by atoms with Gasteiger partial charge in [0, 0.05) is 26.2 Å². The summed E-state index contributed by atoms with van der Waals surface area (Å²) in [5.74, 6) is 0.872. The smallest absolute Gasteiger partial charge is 0.241 e. The highest BCUT2D eigenvalue weighted by atomic mass is 127. The maximum atomic E-state index is 12.3. The Morgan fingerprint density at radius 1 is 0.966 bits per heavy atom. The maximum absolute atomic E-state index is 12.3. The van der Waals surface area contributed by atoms with E-state index in [1.807, 2.05) is 11.8 Å². The zero-order valence-corrected chi connectivity index (χ0v) is 20.0. The molecule has 1 amide bonds. The van der Waals surface area contributed by atoms with E-state index in [1.165, 1.54) is 43.5 Å². The Hall–Kier alpha value is -1.35. The van der Waals surface area contributed by atoms with Gasteiger partial charge in [0.2, 0.25) is 5.91 Å². The van der Waals surface area contributed by atoms with Gasteiger partial charge in [-0.25, -0.2) is 4.99 Å². The van der Waals surface area contributed by atoms with Crippen LogP contribution in [0, 0.1) is 0 Å². The van der Waals surface area contributed by atoms with Gasteiger partial charge in [-0.05, 0) is 56.8 Å². The highest BCUT2D eigenvalue weighted by Crippen LogP contribution is 2.17. The lowest BCUT2D eigenvalue weighted by Gasteiger charge is -2.27. The fourth-order valence-corrected chi connectivity index (χ4v) is 3.97. The lowest BCUT2D eigenvalue weighted by molar-refractivity contribution is -0.128. The molecule has 2 heterocycles. The average Bonchev–Trinajstić information content (AvgIpc) is 3.27. The van der Waals surface area contributed by atoms with Crippen molar-refractivity contribution >= 4 is 35.8 Å². The Bertz CT molecular complexity index is 654. The first-order valence-electron chi connectivity index (χ1n) is 10.9. The molecule has 0 atom stereocenters. The van der Waals surface area contributed by atoms with Crippen molar-refractivity contribution in [1.29, 1.82) is 0 Å². The highest BCUT2D eigenvalue weighted by Gasteiger charge is 2.17. The Morgan fingerprint density at radius 2 is 1.62 bits per heavy atom. The van der Waals surface area contributed by atoms with Crippen LogP contribution in [0.3, 0.4) is 0 Å². The summed E-state index contributed by atoms with van der Waals surface area (Å²) in [6.07, 6.45) is 6.21. The summed E-state index contributed by atoms with van der Waals surface area (Å²) in [6.45, 7) is 8.92. The molecule has 0 saturated carbocycles. The van der Waals surface area contributed by atoms with E-state index in [0.29, 0.717) is 19.0 Å². The molecule has 2 fully saturated rings. The molecule has 0 bridgehead atoms. The van der Waals surface area contributed by atoms with Crippen LogP contribution in [0.25, 0.3) is 0 Å². The molecular weight excluding hydrogens is 477 g/mol. The van der Waals surface area contributed by atoms with E-state index in [-0.39, 0.29) is 29.9 Å². The lowest BCUT2D eigenvalue weighted by atomic mass is 10.1. The third-order valence-electron chi connectivity index (χ3n) is 5.58. The second-order valence-corrected chi connectivity index (χ2v) is 7.74. The van der Waals surface area contributed by atoms with Gasteiger partial charge in [0.05, 0.1) is 13.1 Å². The fourth-order valence-electron chi connectivity index (χ4n) is 3.97. The van der Waals surface area contributed by atoms with Gasteiger partial charge in [-0.3, -0.25) is 9.69 Å². The zero-order valence-electron chi connectivity index (χ0n) is 17.7. The van der Waals surface area contributed by atoms with E-state index in [0.717, 1.165) is 39.0 Å². The van der Waals surface area contributed by atoms with Crippen molar-refractivity contribution in [1.82, 2.24) is 20.4 Å². The van der Waals surface area contributed by atoms with Crippen LogP contribution >= 0.6 is 24.0 Å². The molecule has 1 aromatic rings. The molecule has 3 rings (SSSR count). The number of carbonyl (C=O) groups excluding carboxylic acids is 1. The van der Waals surface area contributed by atoms with Crippen LogP contribution in [-0.2, 0) is 17.9 Å². The largest absolute Gasteiger partial charge is 0.357 e. The predicted molar refractivity (Wildman–Crippen MR) is 130 cm³/mol. The molecular formula is C22H36IN5O. The number of benzene rings is 1. The second kappa shape index (κ2) is 13.1. The molecule has 2 aliphatic heterocycles. The SMILES string of the molecule is CCNC(=NCc1ccccc1CN1CCCCC1)NCC(=O)N1CCCC1.I. The standard InChI is InChI=1S/C22H35N5O.HI/c1-2-23-22(25-17-21(28)27-14-8-9-15-27)24-16-19-10-4-5-11-20(19)18-26-12-6-3-7-13-26;/h4-5,10-11H,2-3,6-9,12-18H2,1H3,(H2,23,24,25);1H. The fraction of sp³-hybridized carbons (Fsp3) is 0.636. The summed E-state index contributed by atoms with van der Waals surface area (Å²) in [6, 6.07) is 8.59. The molecule has 0 aromatic heterocycles. The molecule has 2 N–H and O–H groups in total. The third-order valence-corrected chi connectivity index (χ3v) is 5.58. The number of aliphatic imine (C=N–C) groups is 1. The Morgan fingerprint density at radius 3 is 2.31 bits per heavy atom. The number of hydrogen-bond donors (Lipinski definition) is 2. The van der Waals surface area contributed by atoms with Crippen LogP contribution in [0.2, 0.25) is 0 Å². The van der Waals surface area contributed by atoms with Crippen LogP contribution < -0.4 is 10.6 Å². The van der Waals surface area contributed by atoms with Gasteiger partial charge in [0.1, 0.15) is 0 Å². The molecule has 7 heteroatoms. The van der Waals surface area contributed by atoms with Gasteiger partial charge in [-0.15, -0.1) is 24.0 Å². The number of likely N-dealkylation sites (tertiary alicyclic amines) is 2. The van der Waals surface area contributed by atoms with Gasteiger partial charge < -0.3 is 15.5 Å². The van der Waals surface area contributed by atoms with Crippen LogP contribution in [0.1, 0.15) is 50.2 Å². The Balaban J connectivity index is 0.00000300. The number of piperidine rings is 1.